The molecular formula is C16H16F3N3O. The van der Waals surface area contributed by atoms with Crippen LogP contribution in [0.3, 0.4) is 0 Å². The minimum Gasteiger partial charge on any atom is -0.338 e. The SMILES string of the molecule is CN(Cc1ccccn1)C(=O)C(N)c1cccc(C(F)(F)F)c1. The van der Waals surface area contributed by atoms with E-state index in [9.17, 15) is 18.0 Å². The third-order valence-electron chi connectivity index (χ3n) is 3.34. The molecule has 1 unspecified atom stereocenters. The van der Waals surface area contributed by atoms with E-state index in [1.165, 1.54) is 24.1 Å². The highest BCUT2D eigenvalue weighted by Gasteiger charge is 2.31. The Kier molecular flexibility index (Phi) is 5.00. The van der Waals surface area contributed by atoms with Crippen molar-refractivity contribution in [3.05, 3.63) is 65.5 Å². The highest BCUT2D eigenvalue weighted by molar-refractivity contribution is 5.82. The molecule has 2 rings (SSSR count). The lowest BCUT2D eigenvalue weighted by atomic mass is 10.0. The average Bonchev–Trinajstić information content (AvgIpc) is 2.53. The van der Waals surface area contributed by atoms with Crippen molar-refractivity contribution in [2.24, 2.45) is 5.73 Å². The predicted octanol–water partition coefficient (Wildman–Crippen LogP) is 2.76. The summed E-state index contributed by atoms with van der Waals surface area (Å²) in [5.74, 6) is -0.477. The van der Waals surface area contributed by atoms with Gasteiger partial charge in [0.25, 0.3) is 0 Å². The molecule has 122 valence electrons. The van der Waals surface area contributed by atoms with Crippen molar-refractivity contribution in [2.75, 3.05) is 7.05 Å². The minimum absolute atomic E-state index is 0.123. The van der Waals surface area contributed by atoms with Gasteiger partial charge in [0.15, 0.2) is 0 Å². The van der Waals surface area contributed by atoms with Gasteiger partial charge in [-0.05, 0) is 29.8 Å². The Morgan fingerprint density at radius 3 is 2.61 bits per heavy atom. The molecule has 0 radical (unpaired) electrons. The van der Waals surface area contributed by atoms with Crippen molar-refractivity contribution in [3.8, 4) is 0 Å². The number of pyridine rings is 1. The van der Waals surface area contributed by atoms with Crippen molar-refractivity contribution in [1.82, 2.24) is 9.88 Å². The summed E-state index contributed by atoms with van der Waals surface area (Å²) in [6, 6.07) is 8.62. The van der Waals surface area contributed by atoms with E-state index < -0.39 is 23.7 Å². The molecule has 0 saturated carbocycles. The molecule has 0 aliphatic heterocycles. The normalized spacial score (nSPS) is 12.7. The maximum Gasteiger partial charge on any atom is 0.416 e. The highest BCUT2D eigenvalue weighted by Crippen LogP contribution is 2.30. The first-order valence-electron chi connectivity index (χ1n) is 6.86. The number of hydrogen-bond acceptors (Lipinski definition) is 3. The Bertz CT molecular complexity index is 674. The number of aromatic nitrogens is 1. The summed E-state index contributed by atoms with van der Waals surface area (Å²) in [6.07, 6.45) is -2.88. The van der Waals surface area contributed by atoms with Gasteiger partial charge in [0, 0.05) is 13.2 Å². The van der Waals surface area contributed by atoms with E-state index in [2.05, 4.69) is 4.98 Å². The first-order chi connectivity index (χ1) is 10.8. The van der Waals surface area contributed by atoms with Gasteiger partial charge in [-0.15, -0.1) is 0 Å². The van der Waals surface area contributed by atoms with Crippen LogP contribution in [0.1, 0.15) is 22.9 Å². The van der Waals surface area contributed by atoms with Crippen LogP contribution in [0.25, 0.3) is 0 Å². The summed E-state index contributed by atoms with van der Waals surface area (Å²) < 4.78 is 38.2. The minimum atomic E-state index is -4.47. The van der Waals surface area contributed by atoms with Crippen LogP contribution < -0.4 is 5.73 Å². The van der Waals surface area contributed by atoms with Crippen LogP contribution >= 0.6 is 0 Å². The van der Waals surface area contributed by atoms with Crippen LogP contribution in [0, 0.1) is 0 Å². The van der Waals surface area contributed by atoms with E-state index in [1.807, 2.05) is 0 Å². The Morgan fingerprint density at radius 2 is 2.00 bits per heavy atom. The number of carbonyl (C=O) groups excluding carboxylic acids is 1. The Labute approximate surface area is 131 Å². The monoisotopic (exact) mass is 323 g/mol. The van der Waals surface area contributed by atoms with Gasteiger partial charge in [-0.25, -0.2) is 0 Å². The second-order valence-electron chi connectivity index (χ2n) is 5.12. The molecule has 7 heteroatoms. The summed E-state index contributed by atoms with van der Waals surface area (Å²) in [4.78, 5) is 17.7. The largest absolute Gasteiger partial charge is 0.416 e. The maximum atomic E-state index is 12.7. The molecule has 0 bridgehead atoms. The lowest BCUT2D eigenvalue weighted by Gasteiger charge is -2.21. The van der Waals surface area contributed by atoms with Crippen LogP contribution in [0.15, 0.2) is 48.7 Å². The fourth-order valence-electron chi connectivity index (χ4n) is 2.10. The van der Waals surface area contributed by atoms with Gasteiger partial charge >= 0.3 is 6.18 Å². The molecule has 1 heterocycles. The van der Waals surface area contributed by atoms with E-state index in [-0.39, 0.29) is 12.1 Å². The highest BCUT2D eigenvalue weighted by atomic mass is 19.4. The van der Waals surface area contributed by atoms with Gasteiger partial charge < -0.3 is 10.6 Å². The number of likely N-dealkylation sites (N-methyl/N-ethyl adjacent to an activating group) is 1. The van der Waals surface area contributed by atoms with Gasteiger partial charge in [0.05, 0.1) is 17.8 Å². The molecule has 0 saturated heterocycles. The first kappa shape index (κ1) is 17.0. The number of nitrogens with zero attached hydrogens (tertiary/aromatic N) is 2. The second-order valence-corrected chi connectivity index (χ2v) is 5.12. The quantitative estimate of drug-likeness (QED) is 0.941. The average molecular weight is 323 g/mol. The summed E-state index contributed by atoms with van der Waals surface area (Å²) in [7, 11) is 1.53. The zero-order valence-corrected chi connectivity index (χ0v) is 12.4. The Hall–Kier alpha value is -2.41. The molecule has 0 fully saturated rings. The second kappa shape index (κ2) is 6.78. The van der Waals surface area contributed by atoms with Crippen molar-refractivity contribution in [1.29, 1.82) is 0 Å². The Morgan fingerprint density at radius 1 is 1.26 bits per heavy atom. The van der Waals surface area contributed by atoms with E-state index >= 15 is 0 Å². The zero-order chi connectivity index (χ0) is 17.0. The molecule has 1 aromatic heterocycles. The summed E-state index contributed by atoms with van der Waals surface area (Å²) in [6.45, 7) is 0.229. The maximum absolute atomic E-state index is 12.7. The number of carbonyl (C=O) groups is 1. The van der Waals surface area contributed by atoms with Crippen molar-refractivity contribution in [3.63, 3.8) is 0 Å². The summed E-state index contributed by atoms with van der Waals surface area (Å²) >= 11 is 0. The van der Waals surface area contributed by atoms with Crippen LogP contribution in [-0.2, 0) is 17.5 Å². The smallest absolute Gasteiger partial charge is 0.338 e. The third kappa shape index (κ3) is 4.29. The molecular weight excluding hydrogens is 307 g/mol. The lowest BCUT2D eigenvalue weighted by Crippen LogP contribution is -2.35. The fourth-order valence-corrected chi connectivity index (χ4v) is 2.10. The fraction of sp³-hybridized carbons (Fsp3) is 0.250. The Balaban J connectivity index is 2.13. The standard InChI is InChI=1S/C16H16F3N3O/c1-22(10-13-7-2-3-8-21-13)15(23)14(20)11-5-4-6-12(9-11)16(17,18)19/h2-9,14H,10,20H2,1H3. The molecule has 23 heavy (non-hydrogen) atoms. The number of alkyl halides is 3. The van der Waals surface area contributed by atoms with E-state index in [1.54, 1.807) is 24.4 Å². The van der Waals surface area contributed by atoms with Crippen molar-refractivity contribution >= 4 is 5.91 Å². The van der Waals surface area contributed by atoms with Gasteiger partial charge in [-0.2, -0.15) is 13.2 Å². The molecule has 1 amide bonds. The summed E-state index contributed by atoms with van der Waals surface area (Å²) in [5, 5.41) is 0. The number of rotatable bonds is 4. The molecule has 0 aliphatic rings. The van der Waals surface area contributed by atoms with Crippen LogP contribution in [0.5, 0.6) is 0 Å². The number of benzene rings is 1. The van der Waals surface area contributed by atoms with E-state index in [0.717, 1.165) is 12.1 Å². The molecule has 2 N–H and O–H groups in total. The van der Waals surface area contributed by atoms with Crippen LogP contribution in [0.4, 0.5) is 13.2 Å². The molecule has 0 spiro atoms. The molecule has 1 aromatic carbocycles. The van der Waals surface area contributed by atoms with Crippen molar-refractivity contribution < 1.29 is 18.0 Å². The number of amides is 1. The summed E-state index contributed by atoms with van der Waals surface area (Å²) in [5.41, 5.74) is 5.79. The molecule has 1 atom stereocenters. The number of hydrogen-bond donors (Lipinski definition) is 1. The van der Waals surface area contributed by atoms with Crippen molar-refractivity contribution in [2.45, 2.75) is 18.8 Å². The molecule has 0 aliphatic carbocycles. The van der Waals surface area contributed by atoms with Gasteiger partial charge in [-0.3, -0.25) is 9.78 Å². The van der Waals surface area contributed by atoms with Crippen LogP contribution in [-0.4, -0.2) is 22.8 Å². The topological polar surface area (TPSA) is 59.2 Å². The van der Waals surface area contributed by atoms with Gasteiger partial charge in [0.1, 0.15) is 6.04 Å². The number of halogens is 3. The predicted molar refractivity (Wildman–Crippen MR) is 79.1 cm³/mol. The van der Waals surface area contributed by atoms with E-state index in [4.69, 9.17) is 5.73 Å². The molecule has 4 nitrogen and oxygen atoms in total. The zero-order valence-electron chi connectivity index (χ0n) is 12.4. The molecule has 2 aromatic rings. The van der Waals surface area contributed by atoms with E-state index in [0.29, 0.717) is 5.69 Å². The lowest BCUT2D eigenvalue weighted by molar-refractivity contribution is -0.138. The first-order valence-corrected chi connectivity index (χ1v) is 6.86. The van der Waals surface area contributed by atoms with Gasteiger partial charge in [0.2, 0.25) is 5.91 Å². The van der Waals surface area contributed by atoms with Gasteiger partial charge in [-0.1, -0.05) is 18.2 Å². The third-order valence-corrected chi connectivity index (χ3v) is 3.34. The number of nitrogens with two attached hydrogens (primary N) is 1. The van der Waals surface area contributed by atoms with Crippen LogP contribution in [0.2, 0.25) is 0 Å².